The largest absolute Gasteiger partial charge is 0.490 e. The second-order valence-electron chi connectivity index (χ2n) is 10.8. The molecule has 3 rings (SSSR count). The normalized spacial score (nSPS) is 21.7. The Morgan fingerprint density at radius 2 is 1.93 bits per heavy atom. The van der Waals surface area contributed by atoms with E-state index in [1.165, 1.54) is 6.07 Å². The quantitative estimate of drug-likeness (QED) is 0.502. The number of sulfonamides is 1. The molecule has 4 atom stereocenters. The molecule has 2 N–H and O–H groups in total. The van der Waals surface area contributed by atoms with Gasteiger partial charge in [0, 0.05) is 56.3 Å². The number of nitrogens with zero attached hydrogens (tertiary/aromatic N) is 3. The number of likely N-dealkylation sites (N-methyl/N-ethyl adjacent to an activating group) is 1. The highest BCUT2D eigenvalue weighted by Gasteiger charge is 2.31. The van der Waals surface area contributed by atoms with Crippen molar-refractivity contribution in [1.82, 2.24) is 14.8 Å². The average molecular weight is 591 g/mol. The minimum atomic E-state index is -3.58. The SMILES string of the molecule is C[C@@H]1CN([C@@H](C)CO)C(=O)c2cc(NS(C)(=O)=O)ccc2O[C@@H](C)CCCCO[C@H]1CN(C)C(=O)c1ccncc1. The highest BCUT2D eigenvalue weighted by Crippen LogP contribution is 2.29. The summed E-state index contributed by atoms with van der Waals surface area (Å²) >= 11 is 0. The third-order valence-electron chi connectivity index (χ3n) is 7.08. The van der Waals surface area contributed by atoms with Crippen LogP contribution in [0.2, 0.25) is 0 Å². The van der Waals surface area contributed by atoms with Crippen LogP contribution < -0.4 is 9.46 Å². The minimum absolute atomic E-state index is 0.162. The smallest absolute Gasteiger partial charge is 0.258 e. The predicted molar refractivity (Wildman–Crippen MR) is 157 cm³/mol. The topological polar surface area (TPSA) is 138 Å². The first kappa shape index (κ1) is 32.3. The summed E-state index contributed by atoms with van der Waals surface area (Å²) in [5, 5.41) is 10.1. The number of rotatable bonds is 7. The van der Waals surface area contributed by atoms with Gasteiger partial charge in [-0.3, -0.25) is 19.3 Å². The first-order valence-electron chi connectivity index (χ1n) is 13.9. The fourth-order valence-corrected chi connectivity index (χ4v) is 5.29. The van der Waals surface area contributed by atoms with Gasteiger partial charge >= 0.3 is 0 Å². The van der Waals surface area contributed by atoms with Gasteiger partial charge in [0.15, 0.2) is 0 Å². The molecule has 0 radical (unpaired) electrons. The standard InChI is InChI=1S/C29H42N4O7S/c1-20-17-33(21(2)19-34)29(36)25-16-24(31-41(5,37)38)9-10-26(25)40-22(3)8-6-7-15-39-27(20)18-32(4)28(35)23-11-13-30-14-12-23/h9-14,16,20-22,27,31,34H,6-8,15,17-19H2,1-5H3/t20-,21+,22+,27+/m1/s1. The summed E-state index contributed by atoms with van der Waals surface area (Å²) in [6, 6.07) is 7.40. The first-order valence-corrected chi connectivity index (χ1v) is 15.8. The highest BCUT2D eigenvalue weighted by atomic mass is 32.2. The van der Waals surface area contributed by atoms with E-state index in [4.69, 9.17) is 9.47 Å². The molecule has 226 valence electrons. The lowest BCUT2D eigenvalue weighted by molar-refractivity contribution is -0.0149. The molecule has 2 aromatic rings. The van der Waals surface area contributed by atoms with Gasteiger partial charge in [-0.25, -0.2) is 8.42 Å². The number of hydrogen-bond acceptors (Lipinski definition) is 8. The molecule has 0 bridgehead atoms. The van der Waals surface area contributed by atoms with Gasteiger partial charge in [0.25, 0.3) is 11.8 Å². The van der Waals surface area contributed by atoms with E-state index < -0.39 is 22.0 Å². The lowest BCUT2D eigenvalue weighted by Crippen LogP contribution is -2.48. The van der Waals surface area contributed by atoms with E-state index in [1.54, 1.807) is 60.4 Å². The minimum Gasteiger partial charge on any atom is -0.490 e. The van der Waals surface area contributed by atoms with Gasteiger partial charge in [-0.15, -0.1) is 0 Å². The van der Waals surface area contributed by atoms with E-state index in [0.717, 1.165) is 25.5 Å². The number of nitrogens with one attached hydrogen (secondary N) is 1. The van der Waals surface area contributed by atoms with Crippen LogP contribution in [0.15, 0.2) is 42.7 Å². The number of ether oxygens (including phenoxy) is 2. The van der Waals surface area contributed by atoms with Crippen molar-refractivity contribution < 1.29 is 32.6 Å². The highest BCUT2D eigenvalue weighted by molar-refractivity contribution is 7.92. The van der Waals surface area contributed by atoms with Gasteiger partial charge in [-0.1, -0.05) is 6.92 Å². The van der Waals surface area contributed by atoms with Crippen molar-refractivity contribution in [2.75, 3.05) is 44.3 Å². The maximum atomic E-state index is 14.0. The molecule has 1 aromatic heterocycles. The Kier molecular flexibility index (Phi) is 11.5. The van der Waals surface area contributed by atoms with Gasteiger partial charge < -0.3 is 24.4 Å². The average Bonchev–Trinajstić information content (AvgIpc) is 2.93. The second-order valence-corrected chi connectivity index (χ2v) is 12.6. The van der Waals surface area contributed by atoms with Crippen LogP contribution in [0.25, 0.3) is 0 Å². The molecule has 12 heteroatoms. The fraction of sp³-hybridized carbons (Fsp3) is 0.552. The number of anilines is 1. The Morgan fingerprint density at radius 1 is 1.22 bits per heavy atom. The Bertz CT molecular complexity index is 1280. The van der Waals surface area contributed by atoms with Crippen LogP contribution in [0.3, 0.4) is 0 Å². The zero-order valence-electron chi connectivity index (χ0n) is 24.4. The summed E-state index contributed by atoms with van der Waals surface area (Å²) in [6.07, 6.45) is 5.93. The number of carbonyl (C=O) groups is 2. The summed E-state index contributed by atoms with van der Waals surface area (Å²) in [7, 11) is -1.86. The molecule has 11 nitrogen and oxygen atoms in total. The molecule has 2 amide bonds. The van der Waals surface area contributed by atoms with Crippen LogP contribution in [0.5, 0.6) is 5.75 Å². The second kappa shape index (κ2) is 14.6. The molecule has 0 saturated carbocycles. The summed E-state index contributed by atoms with van der Waals surface area (Å²) in [6.45, 7) is 6.34. The lowest BCUT2D eigenvalue weighted by atomic mass is 10.0. The number of pyridine rings is 1. The summed E-state index contributed by atoms with van der Waals surface area (Å²) < 4.78 is 38.7. The number of aliphatic hydroxyl groups excluding tert-OH is 1. The van der Waals surface area contributed by atoms with Crippen molar-refractivity contribution in [3.63, 3.8) is 0 Å². The number of fused-ring (bicyclic) bond motifs is 1. The molecule has 1 aliphatic heterocycles. The molecule has 41 heavy (non-hydrogen) atoms. The molecule has 0 fully saturated rings. The van der Waals surface area contributed by atoms with E-state index in [-0.39, 0.29) is 48.4 Å². The Balaban J connectivity index is 1.95. The fourth-order valence-electron chi connectivity index (χ4n) is 4.73. The number of amides is 2. The first-order chi connectivity index (χ1) is 19.4. The van der Waals surface area contributed by atoms with Crippen LogP contribution >= 0.6 is 0 Å². The van der Waals surface area contributed by atoms with E-state index in [2.05, 4.69) is 9.71 Å². The summed E-state index contributed by atoms with van der Waals surface area (Å²) in [4.78, 5) is 34.2. The Hall–Kier alpha value is -3.22. The molecule has 1 aliphatic rings. The molecule has 1 aromatic carbocycles. The van der Waals surface area contributed by atoms with Crippen molar-refractivity contribution in [1.29, 1.82) is 0 Å². The number of benzene rings is 1. The van der Waals surface area contributed by atoms with Crippen molar-refractivity contribution in [3.05, 3.63) is 53.9 Å². The zero-order chi connectivity index (χ0) is 30.2. The van der Waals surface area contributed by atoms with Gasteiger partial charge in [-0.05, 0) is 63.4 Å². The predicted octanol–water partition coefficient (Wildman–Crippen LogP) is 3.02. The molecule has 0 unspecified atom stereocenters. The van der Waals surface area contributed by atoms with Gasteiger partial charge in [0.05, 0.1) is 36.7 Å². The van der Waals surface area contributed by atoms with Crippen LogP contribution in [0.1, 0.15) is 60.7 Å². The third-order valence-corrected chi connectivity index (χ3v) is 7.69. The van der Waals surface area contributed by atoms with Crippen molar-refractivity contribution in [2.45, 2.75) is 58.3 Å². The van der Waals surface area contributed by atoms with Crippen LogP contribution in [0.4, 0.5) is 5.69 Å². The molecular weight excluding hydrogens is 548 g/mol. The lowest BCUT2D eigenvalue weighted by Gasteiger charge is -2.36. The number of carbonyl (C=O) groups excluding carboxylic acids is 2. The third kappa shape index (κ3) is 9.40. The number of hydrogen-bond donors (Lipinski definition) is 2. The van der Waals surface area contributed by atoms with Gasteiger partial charge in [0.2, 0.25) is 10.0 Å². The summed E-state index contributed by atoms with van der Waals surface area (Å²) in [5.41, 5.74) is 0.947. The van der Waals surface area contributed by atoms with E-state index in [0.29, 0.717) is 24.5 Å². The monoisotopic (exact) mass is 590 g/mol. The van der Waals surface area contributed by atoms with Gasteiger partial charge in [-0.2, -0.15) is 0 Å². The van der Waals surface area contributed by atoms with Crippen molar-refractivity contribution in [2.24, 2.45) is 5.92 Å². The number of aliphatic hydroxyl groups is 1. The maximum absolute atomic E-state index is 14.0. The Labute approximate surface area is 242 Å². The van der Waals surface area contributed by atoms with Crippen LogP contribution in [-0.4, -0.2) is 98.0 Å². The van der Waals surface area contributed by atoms with Crippen molar-refractivity contribution in [3.8, 4) is 5.75 Å². The summed E-state index contributed by atoms with van der Waals surface area (Å²) in [5.74, 6) is -0.444. The zero-order valence-corrected chi connectivity index (χ0v) is 25.3. The van der Waals surface area contributed by atoms with E-state index >= 15 is 0 Å². The molecule has 0 aliphatic carbocycles. The molecule has 2 heterocycles. The Morgan fingerprint density at radius 3 is 2.59 bits per heavy atom. The molecular formula is C29H42N4O7S. The van der Waals surface area contributed by atoms with Gasteiger partial charge in [0.1, 0.15) is 5.75 Å². The van der Waals surface area contributed by atoms with Crippen LogP contribution in [-0.2, 0) is 14.8 Å². The van der Waals surface area contributed by atoms with Crippen LogP contribution in [0, 0.1) is 5.92 Å². The van der Waals surface area contributed by atoms with Crippen molar-refractivity contribution >= 4 is 27.5 Å². The molecule has 0 spiro atoms. The maximum Gasteiger partial charge on any atom is 0.258 e. The molecule has 0 saturated heterocycles. The number of aromatic nitrogens is 1. The van der Waals surface area contributed by atoms with E-state index in [1.807, 2.05) is 13.8 Å². The van der Waals surface area contributed by atoms with E-state index in [9.17, 15) is 23.1 Å².